The van der Waals surface area contributed by atoms with Crippen LogP contribution in [0.4, 0.5) is 11.5 Å². The predicted octanol–water partition coefficient (Wildman–Crippen LogP) is 3.58. The summed E-state index contributed by atoms with van der Waals surface area (Å²) in [4.78, 5) is 43.6. The van der Waals surface area contributed by atoms with Gasteiger partial charge in [0, 0.05) is 18.2 Å². The summed E-state index contributed by atoms with van der Waals surface area (Å²) >= 11 is 1.33. The van der Waals surface area contributed by atoms with Crippen LogP contribution in [0.2, 0.25) is 0 Å². The van der Waals surface area contributed by atoms with Crippen molar-refractivity contribution in [3.8, 4) is 0 Å². The van der Waals surface area contributed by atoms with Gasteiger partial charge in [0.2, 0.25) is 5.91 Å². The number of carbonyl (C=O) groups excluding carboxylic acids is 2. The van der Waals surface area contributed by atoms with E-state index >= 15 is 0 Å². The van der Waals surface area contributed by atoms with E-state index in [4.69, 9.17) is 0 Å². The quantitative estimate of drug-likeness (QED) is 0.427. The first-order chi connectivity index (χ1) is 13.9. The van der Waals surface area contributed by atoms with Gasteiger partial charge in [0.15, 0.2) is 16.7 Å². The van der Waals surface area contributed by atoms with Crippen LogP contribution in [-0.4, -0.2) is 21.8 Å². The third kappa shape index (κ3) is 5.55. The van der Waals surface area contributed by atoms with E-state index in [1.165, 1.54) is 18.7 Å². The summed E-state index contributed by atoms with van der Waals surface area (Å²) in [5.74, 6) is -0.255. The predicted molar refractivity (Wildman–Crippen MR) is 114 cm³/mol. The minimum atomic E-state index is -0.542. The van der Waals surface area contributed by atoms with Crippen molar-refractivity contribution in [1.29, 1.82) is 0 Å². The van der Waals surface area contributed by atoms with Crippen molar-refractivity contribution in [3.05, 3.63) is 81.6 Å². The van der Waals surface area contributed by atoms with Gasteiger partial charge in [0.1, 0.15) is 0 Å². The highest BCUT2D eigenvalue weighted by Crippen LogP contribution is 2.23. The van der Waals surface area contributed by atoms with Gasteiger partial charge in [-0.25, -0.2) is 4.98 Å². The third-order valence-electron chi connectivity index (χ3n) is 3.92. The van der Waals surface area contributed by atoms with Crippen LogP contribution >= 0.6 is 11.8 Å². The van der Waals surface area contributed by atoms with E-state index in [-0.39, 0.29) is 11.5 Å². The van der Waals surface area contributed by atoms with Crippen molar-refractivity contribution >= 4 is 35.1 Å². The Morgan fingerprint density at radius 3 is 2.52 bits per heavy atom. The molecule has 0 aliphatic rings. The molecular formula is C21H20N4O3S. The van der Waals surface area contributed by atoms with Crippen LogP contribution < -0.4 is 16.2 Å². The second kappa shape index (κ2) is 9.20. The molecule has 2 amide bonds. The maximum Gasteiger partial charge on any atom is 0.277 e. The summed E-state index contributed by atoms with van der Waals surface area (Å²) in [6, 6.07) is 16.5. The van der Waals surface area contributed by atoms with Crippen LogP contribution in [0.5, 0.6) is 0 Å². The summed E-state index contributed by atoms with van der Waals surface area (Å²) in [5, 5.41) is 5.41. The van der Waals surface area contributed by atoms with Crippen LogP contribution in [0.1, 0.15) is 28.4 Å². The summed E-state index contributed by atoms with van der Waals surface area (Å²) in [5.41, 5.74) is 1.97. The molecule has 2 aromatic carbocycles. The number of hydrogen-bond acceptors (Lipinski definition) is 5. The lowest BCUT2D eigenvalue weighted by Gasteiger charge is -2.11. The number of H-pyrrole nitrogens is 1. The molecule has 3 aromatic rings. The zero-order chi connectivity index (χ0) is 20.8. The number of anilines is 2. The number of nitrogens with one attached hydrogen (secondary N) is 3. The van der Waals surface area contributed by atoms with Crippen molar-refractivity contribution in [1.82, 2.24) is 9.97 Å². The molecule has 0 fully saturated rings. The number of aromatic nitrogens is 2. The average Bonchev–Trinajstić information content (AvgIpc) is 2.69. The van der Waals surface area contributed by atoms with Gasteiger partial charge in [-0.05, 0) is 24.6 Å². The lowest BCUT2D eigenvalue weighted by Crippen LogP contribution is -2.24. The monoisotopic (exact) mass is 408 g/mol. The van der Waals surface area contributed by atoms with Crippen LogP contribution in [0.15, 0.2) is 64.5 Å². The highest BCUT2D eigenvalue weighted by atomic mass is 32.2. The van der Waals surface area contributed by atoms with Gasteiger partial charge in [-0.15, -0.1) is 0 Å². The Labute approximate surface area is 172 Å². The first kappa shape index (κ1) is 20.3. The zero-order valence-corrected chi connectivity index (χ0v) is 16.8. The Morgan fingerprint density at radius 2 is 1.83 bits per heavy atom. The molecule has 0 radical (unpaired) electrons. The minimum Gasteiger partial charge on any atom is -0.314 e. The van der Waals surface area contributed by atoms with E-state index in [1.54, 1.807) is 30.3 Å². The van der Waals surface area contributed by atoms with Gasteiger partial charge in [-0.1, -0.05) is 59.8 Å². The first-order valence-corrected chi connectivity index (χ1v) is 9.87. The minimum absolute atomic E-state index is 0.0114. The van der Waals surface area contributed by atoms with Crippen molar-refractivity contribution in [2.24, 2.45) is 0 Å². The van der Waals surface area contributed by atoms with Crippen LogP contribution in [-0.2, 0) is 10.5 Å². The Balaban J connectivity index is 1.85. The third-order valence-corrected chi connectivity index (χ3v) is 4.87. The number of hydrogen-bond donors (Lipinski definition) is 3. The summed E-state index contributed by atoms with van der Waals surface area (Å²) < 4.78 is 0. The van der Waals surface area contributed by atoms with Crippen molar-refractivity contribution < 1.29 is 9.59 Å². The fourth-order valence-electron chi connectivity index (χ4n) is 2.62. The summed E-state index contributed by atoms with van der Waals surface area (Å²) in [6.45, 7) is 3.32. The molecule has 0 unspecified atom stereocenters. The molecule has 3 N–H and O–H groups in total. The molecule has 0 saturated heterocycles. The van der Waals surface area contributed by atoms with Gasteiger partial charge < -0.3 is 10.6 Å². The summed E-state index contributed by atoms with van der Waals surface area (Å²) in [6.07, 6.45) is 0. The molecule has 7 nitrogen and oxygen atoms in total. The smallest absolute Gasteiger partial charge is 0.277 e. The first-order valence-electron chi connectivity index (χ1n) is 8.89. The van der Waals surface area contributed by atoms with Crippen molar-refractivity contribution in [2.75, 3.05) is 10.6 Å². The summed E-state index contributed by atoms with van der Waals surface area (Å²) in [7, 11) is 0. The van der Waals surface area contributed by atoms with Gasteiger partial charge in [0.05, 0.1) is 0 Å². The number of aryl methyl sites for hydroxylation is 1. The van der Waals surface area contributed by atoms with Crippen molar-refractivity contribution in [2.45, 2.75) is 24.8 Å². The number of aromatic amines is 1. The molecule has 3 rings (SSSR count). The SMILES string of the molecule is CC(=O)Nc1nc(SCc2cccc(C)c2)[nH]c(=O)c1NC(=O)c1ccccc1. The lowest BCUT2D eigenvalue weighted by molar-refractivity contribution is -0.114. The standard InChI is InChI=1S/C21H20N4O3S/c1-13-7-6-8-15(11-13)12-29-21-24-18(22-14(2)26)17(20(28)25-21)23-19(27)16-9-4-3-5-10-16/h3-11H,12H2,1-2H3,(H,23,27)(H2,22,24,25,26,28). The fourth-order valence-corrected chi connectivity index (χ4v) is 3.43. The average molecular weight is 408 g/mol. The van der Waals surface area contributed by atoms with E-state index in [9.17, 15) is 14.4 Å². The van der Waals surface area contributed by atoms with Crippen molar-refractivity contribution in [3.63, 3.8) is 0 Å². The normalized spacial score (nSPS) is 10.4. The number of carbonyl (C=O) groups is 2. The highest BCUT2D eigenvalue weighted by Gasteiger charge is 2.17. The number of nitrogens with zero attached hydrogens (tertiary/aromatic N) is 1. The molecule has 0 bridgehead atoms. The second-order valence-electron chi connectivity index (χ2n) is 6.37. The van der Waals surface area contributed by atoms with Crippen LogP contribution in [0, 0.1) is 6.92 Å². The van der Waals surface area contributed by atoms with E-state index < -0.39 is 17.4 Å². The molecule has 0 aliphatic carbocycles. The van der Waals surface area contributed by atoms with E-state index in [2.05, 4.69) is 20.6 Å². The Kier molecular flexibility index (Phi) is 6.46. The maximum absolute atomic E-state index is 12.6. The van der Waals surface area contributed by atoms with Gasteiger partial charge >= 0.3 is 0 Å². The Morgan fingerprint density at radius 1 is 1.07 bits per heavy atom. The van der Waals surface area contributed by atoms with Gasteiger partial charge in [-0.2, -0.15) is 0 Å². The Bertz CT molecular complexity index is 1100. The molecular weight excluding hydrogens is 388 g/mol. The largest absolute Gasteiger partial charge is 0.314 e. The fraction of sp³-hybridized carbons (Fsp3) is 0.143. The number of thioether (sulfide) groups is 1. The van der Waals surface area contributed by atoms with Gasteiger partial charge in [0.25, 0.3) is 11.5 Å². The van der Waals surface area contributed by atoms with Gasteiger partial charge in [-0.3, -0.25) is 19.4 Å². The van der Waals surface area contributed by atoms with Crippen LogP contribution in [0.25, 0.3) is 0 Å². The molecule has 0 saturated carbocycles. The molecule has 8 heteroatoms. The molecule has 1 heterocycles. The highest BCUT2D eigenvalue weighted by molar-refractivity contribution is 7.98. The molecule has 1 aromatic heterocycles. The maximum atomic E-state index is 12.6. The van der Waals surface area contributed by atoms with E-state index in [0.29, 0.717) is 16.5 Å². The molecule has 0 aliphatic heterocycles. The lowest BCUT2D eigenvalue weighted by atomic mass is 10.2. The second-order valence-corrected chi connectivity index (χ2v) is 7.34. The number of rotatable bonds is 6. The number of amides is 2. The van der Waals surface area contributed by atoms with E-state index in [1.807, 2.05) is 31.2 Å². The zero-order valence-electron chi connectivity index (χ0n) is 16.0. The van der Waals surface area contributed by atoms with E-state index in [0.717, 1.165) is 11.1 Å². The number of benzene rings is 2. The van der Waals surface area contributed by atoms with Crippen LogP contribution in [0.3, 0.4) is 0 Å². The molecule has 29 heavy (non-hydrogen) atoms. The molecule has 0 atom stereocenters. The Hall–Kier alpha value is -3.39. The topological polar surface area (TPSA) is 104 Å². The molecule has 0 spiro atoms. The molecule has 148 valence electrons.